The summed E-state index contributed by atoms with van der Waals surface area (Å²) in [5, 5.41) is 0. The summed E-state index contributed by atoms with van der Waals surface area (Å²) in [5.74, 6) is 1.76. The molecule has 0 bridgehead atoms. The van der Waals surface area contributed by atoms with E-state index < -0.39 is 5.97 Å². The Morgan fingerprint density at radius 1 is 1.31 bits per heavy atom. The van der Waals surface area contributed by atoms with E-state index >= 15 is 0 Å². The van der Waals surface area contributed by atoms with Crippen LogP contribution >= 0.6 is 11.8 Å². The molecule has 1 aliphatic rings. The summed E-state index contributed by atoms with van der Waals surface area (Å²) >= 11 is 1.70. The van der Waals surface area contributed by atoms with Gasteiger partial charge in [0.1, 0.15) is 5.82 Å². The molecule has 2 N–H and O–H groups in total. The largest absolute Gasteiger partial charge is 0.465 e. The van der Waals surface area contributed by atoms with Crippen molar-refractivity contribution in [3.8, 4) is 11.4 Å². The highest BCUT2D eigenvalue weighted by Crippen LogP contribution is 2.25. The van der Waals surface area contributed by atoms with Gasteiger partial charge in [-0.05, 0) is 24.5 Å². The van der Waals surface area contributed by atoms with Crippen LogP contribution in [0.1, 0.15) is 16.1 Å². The number of benzene rings is 1. The van der Waals surface area contributed by atoms with E-state index in [2.05, 4.69) is 9.88 Å². The van der Waals surface area contributed by atoms with Crippen LogP contribution in [0.15, 0.2) is 24.3 Å². The molecule has 0 unspecified atom stereocenters. The molecule has 1 aromatic carbocycles. The third-order valence-electron chi connectivity index (χ3n) is 4.11. The SMILES string of the molecule is COC(=O)c1cc(-c2nc(CSC)cc(N3CCOCC3)n2)ccc1N. The number of morpholine rings is 1. The first-order valence-electron chi connectivity index (χ1n) is 8.30. The Morgan fingerprint density at radius 3 is 2.77 bits per heavy atom. The van der Waals surface area contributed by atoms with Crippen molar-refractivity contribution in [3.63, 3.8) is 0 Å². The summed E-state index contributed by atoms with van der Waals surface area (Å²) in [7, 11) is 1.33. The summed E-state index contributed by atoms with van der Waals surface area (Å²) < 4.78 is 10.2. The van der Waals surface area contributed by atoms with E-state index in [4.69, 9.17) is 20.2 Å². The normalized spacial score (nSPS) is 14.3. The highest BCUT2D eigenvalue weighted by Gasteiger charge is 2.17. The molecule has 1 fully saturated rings. The van der Waals surface area contributed by atoms with Crippen LogP contribution in [-0.4, -0.2) is 55.6 Å². The van der Waals surface area contributed by atoms with Gasteiger partial charge in [0, 0.05) is 36.2 Å². The number of methoxy groups -OCH3 is 1. The molecule has 2 aromatic rings. The predicted octanol–water partition coefficient (Wildman–Crippen LogP) is 2.21. The van der Waals surface area contributed by atoms with E-state index in [-0.39, 0.29) is 0 Å². The molecule has 8 heteroatoms. The van der Waals surface area contributed by atoms with Crippen molar-refractivity contribution in [2.75, 3.05) is 50.3 Å². The zero-order chi connectivity index (χ0) is 18.5. The van der Waals surface area contributed by atoms with E-state index in [1.807, 2.05) is 18.4 Å². The van der Waals surface area contributed by atoms with E-state index in [1.165, 1.54) is 7.11 Å². The lowest BCUT2D eigenvalue weighted by Crippen LogP contribution is -2.37. The van der Waals surface area contributed by atoms with Gasteiger partial charge in [0.25, 0.3) is 0 Å². The number of nitrogens with two attached hydrogens (primary N) is 1. The van der Waals surface area contributed by atoms with Gasteiger partial charge in [-0.2, -0.15) is 11.8 Å². The van der Waals surface area contributed by atoms with E-state index in [9.17, 15) is 4.79 Å². The number of anilines is 2. The maximum atomic E-state index is 11.9. The number of ether oxygens (including phenoxy) is 2. The van der Waals surface area contributed by atoms with Gasteiger partial charge in [-0.25, -0.2) is 14.8 Å². The fourth-order valence-corrected chi connectivity index (χ4v) is 3.21. The summed E-state index contributed by atoms with van der Waals surface area (Å²) in [4.78, 5) is 23.5. The maximum absolute atomic E-state index is 11.9. The first-order chi connectivity index (χ1) is 12.6. The molecule has 3 rings (SSSR count). The van der Waals surface area contributed by atoms with Gasteiger partial charge in [0.05, 0.1) is 31.6 Å². The van der Waals surface area contributed by atoms with Gasteiger partial charge in [-0.3, -0.25) is 0 Å². The van der Waals surface area contributed by atoms with Crippen molar-refractivity contribution < 1.29 is 14.3 Å². The lowest BCUT2D eigenvalue weighted by Gasteiger charge is -2.28. The predicted molar refractivity (Wildman–Crippen MR) is 103 cm³/mol. The quantitative estimate of drug-likeness (QED) is 0.629. The minimum atomic E-state index is -0.474. The maximum Gasteiger partial charge on any atom is 0.339 e. The van der Waals surface area contributed by atoms with Crippen molar-refractivity contribution in [2.24, 2.45) is 0 Å². The number of carbonyl (C=O) groups excluding carboxylic acids is 1. The highest BCUT2D eigenvalue weighted by atomic mass is 32.2. The molecule has 26 heavy (non-hydrogen) atoms. The van der Waals surface area contributed by atoms with Gasteiger partial charge < -0.3 is 20.1 Å². The van der Waals surface area contributed by atoms with Gasteiger partial charge in [-0.1, -0.05) is 0 Å². The van der Waals surface area contributed by atoms with Crippen molar-refractivity contribution >= 4 is 29.2 Å². The molecule has 1 aliphatic heterocycles. The average Bonchev–Trinajstić information content (AvgIpc) is 2.68. The zero-order valence-corrected chi connectivity index (χ0v) is 15.7. The lowest BCUT2D eigenvalue weighted by molar-refractivity contribution is 0.0602. The second kappa shape index (κ2) is 8.37. The standard InChI is InChI=1S/C18H22N4O3S/c1-24-18(23)14-9-12(3-4-15(14)19)17-20-13(11-26-2)10-16(21-17)22-5-7-25-8-6-22/h3-4,9-10H,5-8,11,19H2,1-2H3. The van der Waals surface area contributed by atoms with Crippen LogP contribution < -0.4 is 10.6 Å². The average molecular weight is 374 g/mol. The van der Waals surface area contributed by atoms with Crippen LogP contribution in [0.2, 0.25) is 0 Å². The molecule has 138 valence electrons. The molecule has 0 radical (unpaired) electrons. The minimum absolute atomic E-state index is 0.316. The molecule has 0 amide bonds. The number of aromatic nitrogens is 2. The van der Waals surface area contributed by atoms with Crippen molar-refractivity contribution in [3.05, 3.63) is 35.5 Å². The van der Waals surface area contributed by atoms with Crippen molar-refractivity contribution in [2.45, 2.75) is 5.75 Å². The number of hydrogen-bond donors (Lipinski definition) is 1. The molecular formula is C18H22N4O3S. The molecule has 1 saturated heterocycles. The van der Waals surface area contributed by atoms with Crippen LogP contribution in [0.3, 0.4) is 0 Å². The number of esters is 1. The van der Waals surface area contributed by atoms with Crippen LogP contribution in [0.25, 0.3) is 11.4 Å². The Hall–Kier alpha value is -2.32. The first-order valence-corrected chi connectivity index (χ1v) is 9.69. The number of nitrogens with zero attached hydrogens (tertiary/aromatic N) is 3. The summed E-state index contributed by atoms with van der Waals surface area (Å²) in [6.07, 6.45) is 2.04. The molecule has 1 aromatic heterocycles. The van der Waals surface area contributed by atoms with Crippen LogP contribution in [0.5, 0.6) is 0 Å². The van der Waals surface area contributed by atoms with E-state index in [1.54, 1.807) is 23.9 Å². The van der Waals surface area contributed by atoms with Crippen LogP contribution in [-0.2, 0) is 15.2 Å². The number of hydrogen-bond acceptors (Lipinski definition) is 8. The Labute approximate surface area is 156 Å². The zero-order valence-electron chi connectivity index (χ0n) is 14.9. The Balaban J connectivity index is 2.03. The second-order valence-electron chi connectivity index (χ2n) is 5.87. The second-order valence-corrected chi connectivity index (χ2v) is 6.73. The number of nitrogen functional groups attached to an aromatic ring is 1. The van der Waals surface area contributed by atoms with E-state index in [0.29, 0.717) is 30.3 Å². The smallest absolute Gasteiger partial charge is 0.339 e. The van der Waals surface area contributed by atoms with Gasteiger partial charge >= 0.3 is 5.97 Å². The molecule has 0 spiro atoms. The molecule has 0 atom stereocenters. The molecule has 2 heterocycles. The first kappa shape index (κ1) is 18.5. The Kier molecular flexibility index (Phi) is 5.95. The van der Waals surface area contributed by atoms with Gasteiger partial charge in [0.2, 0.25) is 0 Å². The Bertz CT molecular complexity index is 794. The fourth-order valence-electron chi connectivity index (χ4n) is 2.77. The fraction of sp³-hybridized carbons (Fsp3) is 0.389. The van der Waals surface area contributed by atoms with Crippen LogP contribution in [0, 0.1) is 0 Å². The summed E-state index contributed by atoms with van der Waals surface area (Å²) in [6, 6.07) is 7.20. The summed E-state index contributed by atoms with van der Waals surface area (Å²) in [6.45, 7) is 2.96. The van der Waals surface area contributed by atoms with Crippen LogP contribution in [0.4, 0.5) is 11.5 Å². The monoisotopic (exact) mass is 374 g/mol. The number of carbonyl (C=O) groups is 1. The van der Waals surface area contributed by atoms with Crippen molar-refractivity contribution in [1.29, 1.82) is 0 Å². The number of thioether (sulfide) groups is 1. The van der Waals surface area contributed by atoms with Gasteiger partial charge in [0.15, 0.2) is 5.82 Å². The topological polar surface area (TPSA) is 90.6 Å². The summed E-state index contributed by atoms with van der Waals surface area (Å²) in [5.41, 5.74) is 8.27. The lowest BCUT2D eigenvalue weighted by atomic mass is 10.1. The van der Waals surface area contributed by atoms with Crippen molar-refractivity contribution in [1.82, 2.24) is 9.97 Å². The molecule has 7 nitrogen and oxygen atoms in total. The highest BCUT2D eigenvalue weighted by molar-refractivity contribution is 7.97. The molecule has 0 aliphatic carbocycles. The third kappa shape index (κ3) is 4.08. The van der Waals surface area contributed by atoms with Gasteiger partial charge in [-0.15, -0.1) is 0 Å². The number of rotatable bonds is 5. The minimum Gasteiger partial charge on any atom is -0.465 e. The molecular weight excluding hydrogens is 352 g/mol. The third-order valence-corrected chi connectivity index (χ3v) is 4.69. The molecule has 0 saturated carbocycles. The van der Waals surface area contributed by atoms with E-state index in [0.717, 1.165) is 35.9 Å². The Morgan fingerprint density at radius 2 is 2.08 bits per heavy atom.